The van der Waals surface area contributed by atoms with Gasteiger partial charge in [-0.3, -0.25) is 0 Å². The molecular formula is C9H6F2O. The molecule has 0 saturated heterocycles. The van der Waals surface area contributed by atoms with E-state index >= 15 is 0 Å². The van der Waals surface area contributed by atoms with Crippen LogP contribution in [0.15, 0.2) is 22.6 Å². The first-order valence-corrected chi connectivity index (χ1v) is 3.52. The Hall–Kier alpha value is -1.38. The predicted molar refractivity (Wildman–Crippen MR) is 40.9 cm³/mol. The molecule has 0 aliphatic carbocycles. The Morgan fingerprint density at radius 2 is 2.00 bits per heavy atom. The van der Waals surface area contributed by atoms with E-state index in [1.165, 1.54) is 19.1 Å². The number of fused-ring (bicyclic) bond motifs is 1. The quantitative estimate of drug-likeness (QED) is 0.589. The van der Waals surface area contributed by atoms with Crippen molar-refractivity contribution < 1.29 is 13.2 Å². The van der Waals surface area contributed by atoms with Gasteiger partial charge in [0.25, 0.3) is 0 Å². The standard InChI is InChI=1S/C9H6F2O/c1-5-9(11)7-4-6(10)2-3-8(7)12-5/h2-4H,1H3. The molecule has 0 amide bonds. The molecule has 1 aromatic heterocycles. The maximum atomic E-state index is 13.1. The lowest BCUT2D eigenvalue weighted by molar-refractivity contribution is 0.523. The van der Waals surface area contributed by atoms with Crippen molar-refractivity contribution in [2.75, 3.05) is 0 Å². The van der Waals surface area contributed by atoms with Gasteiger partial charge in [0.05, 0.1) is 5.39 Å². The van der Waals surface area contributed by atoms with E-state index in [-0.39, 0.29) is 11.1 Å². The van der Waals surface area contributed by atoms with Crippen LogP contribution in [-0.2, 0) is 0 Å². The highest BCUT2D eigenvalue weighted by atomic mass is 19.1. The first kappa shape index (κ1) is 7.28. The molecule has 0 bridgehead atoms. The number of furan rings is 1. The molecule has 0 fully saturated rings. The fourth-order valence-electron chi connectivity index (χ4n) is 1.16. The lowest BCUT2D eigenvalue weighted by atomic mass is 10.2. The highest BCUT2D eigenvalue weighted by molar-refractivity contribution is 5.78. The van der Waals surface area contributed by atoms with Gasteiger partial charge in [0, 0.05) is 0 Å². The van der Waals surface area contributed by atoms with Crippen LogP contribution in [0, 0.1) is 18.6 Å². The summed E-state index contributed by atoms with van der Waals surface area (Å²) in [5.74, 6) is -0.748. The van der Waals surface area contributed by atoms with Crippen LogP contribution in [0.3, 0.4) is 0 Å². The zero-order valence-electron chi connectivity index (χ0n) is 6.40. The van der Waals surface area contributed by atoms with Crippen molar-refractivity contribution in [1.29, 1.82) is 0 Å². The summed E-state index contributed by atoms with van der Waals surface area (Å²) >= 11 is 0. The zero-order valence-corrected chi connectivity index (χ0v) is 6.40. The number of benzene rings is 1. The minimum atomic E-state index is -0.482. The Balaban J connectivity index is 2.88. The molecule has 0 saturated carbocycles. The van der Waals surface area contributed by atoms with Crippen LogP contribution in [0.1, 0.15) is 5.76 Å². The summed E-state index contributed by atoms with van der Waals surface area (Å²) < 4.78 is 30.7. The van der Waals surface area contributed by atoms with Gasteiger partial charge in [-0.05, 0) is 25.1 Å². The Bertz CT molecular complexity index is 431. The van der Waals surface area contributed by atoms with Crippen LogP contribution in [-0.4, -0.2) is 0 Å². The van der Waals surface area contributed by atoms with Crippen LogP contribution in [0.5, 0.6) is 0 Å². The lowest BCUT2D eigenvalue weighted by Gasteiger charge is -1.86. The van der Waals surface area contributed by atoms with Gasteiger partial charge in [0.2, 0.25) is 0 Å². The Morgan fingerprint density at radius 3 is 2.75 bits per heavy atom. The molecule has 1 aromatic carbocycles. The number of hydrogen-bond acceptors (Lipinski definition) is 1. The third kappa shape index (κ3) is 0.897. The predicted octanol–water partition coefficient (Wildman–Crippen LogP) is 3.02. The van der Waals surface area contributed by atoms with E-state index in [1.54, 1.807) is 0 Å². The van der Waals surface area contributed by atoms with Crippen LogP contribution < -0.4 is 0 Å². The van der Waals surface area contributed by atoms with E-state index in [2.05, 4.69) is 0 Å². The van der Waals surface area contributed by atoms with Crippen LogP contribution in [0.4, 0.5) is 8.78 Å². The van der Waals surface area contributed by atoms with Crippen LogP contribution in [0.25, 0.3) is 11.0 Å². The third-order valence-electron chi connectivity index (χ3n) is 1.75. The molecular weight excluding hydrogens is 162 g/mol. The molecule has 12 heavy (non-hydrogen) atoms. The fraction of sp³-hybridized carbons (Fsp3) is 0.111. The van der Waals surface area contributed by atoms with E-state index in [9.17, 15) is 8.78 Å². The molecule has 2 aromatic rings. The molecule has 0 radical (unpaired) electrons. The van der Waals surface area contributed by atoms with E-state index in [4.69, 9.17) is 4.42 Å². The third-order valence-corrected chi connectivity index (χ3v) is 1.75. The number of hydrogen-bond donors (Lipinski definition) is 0. The zero-order chi connectivity index (χ0) is 8.72. The average Bonchev–Trinajstić information content (AvgIpc) is 2.31. The highest BCUT2D eigenvalue weighted by Gasteiger charge is 2.10. The Kier molecular flexibility index (Phi) is 1.40. The van der Waals surface area contributed by atoms with Gasteiger partial charge in [-0.1, -0.05) is 0 Å². The largest absolute Gasteiger partial charge is 0.458 e. The second-order valence-electron chi connectivity index (χ2n) is 2.61. The van der Waals surface area contributed by atoms with Crippen molar-refractivity contribution in [3.8, 4) is 0 Å². The minimum absolute atomic E-state index is 0.190. The number of rotatable bonds is 0. The molecule has 62 valence electrons. The second kappa shape index (κ2) is 2.30. The molecule has 0 spiro atoms. The maximum absolute atomic E-state index is 13.1. The molecule has 1 nitrogen and oxygen atoms in total. The van der Waals surface area contributed by atoms with Gasteiger partial charge in [-0.2, -0.15) is 0 Å². The monoisotopic (exact) mass is 168 g/mol. The van der Waals surface area contributed by atoms with Gasteiger partial charge < -0.3 is 4.42 Å². The van der Waals surface area contributed by atoms with Crippen molar-refractivity contribution in [3.63, 3.8) is 0 Å². The van der Waals surface area contributed by atoms with Gasteiger partial charge in [-0.15, -0.1) is 0 Å². The molecule has 0 unspecified atom stereocenters. The molecule has 0 atom stereocenters. The molecule has 3 heteroatoms. The fourth-order valence-corrected chi connectivity index (χ4v) is 1.16. The normalized spacial score (nSPS) is 10.9. The molecule has 2 rings (SSSR count). The van der Waals surface area contributed by atoms with Gasteiger partial charge in [0.15, 0.2) is 5.82 Å². The summed E-state index contributed by atoms with van der Waals surface area (Å²) in [6.07, 6.45) is 0. The first-order valence-electron chi connectivity index (χ1n) is 3.52. The summed E-state index contributed by atoms with van der Waals surface area (Å²) in [5, 5.41) is 0.201. The number of halogens is 2. The molecule has 0 N–H and O–H groups in total. The second-order valence-corrected chi connectivity index (χ2v) is 2.61. The van der Waals surface area contributed by atoms with Crippen LogP contribution >= 0.6 is 0 Å². The van der Waals surface area contributed by atoms with E-state index < -0.39 is 11.6 Å². The molecule has 0 aliphatic rings. The number of aryl methyl sites for hydroxylation is 1. The average molecular weight is 168 g/mol. The van der Waals surface area contributed by atoms with Crippen molar-refractivity contribution in [3.05, 3.63) is 35.6 Å². The smallest absolute Gasteiger partial charge is 0.172 e. The van der Waals surface area contributed by atoms with Gasteiger partial charge in [0.1, 0.15) is 17.2 Å². The molecule has 1 heterocycles. The lowest BCUT2D eigenvalue weighted by Crippen LogP contribution is -1.74. The summed E-state index contributed by atoms with van der Waals surface area (Å²) in [6, 6.07) is 3.78. The SMILES string of the molecule is Cc1oc2ccc(F)cc2c1F. The van der Waals surface area contributed by atoms with E-state index in [0.29, 0.717) is 5.58 Å². The van der Waals surface area contributed by atoms with Gasteiger partial charge >= 0.3 is 0 Å². The summed E-state index contributed by atoms with van der Waals surface area (Å²) in [4.78, 5) is 0. The maximum Gasteiger partial charge on any atom is 0.172 e. The van der Waals surface area contributed by atoms with E-state index in [1.807, 2.05) is 0 Å². The van der Waals surface area contributed by atoms with Crippen molar-refractivity contribution in [2.45, 2.75) is 6.92 Å². The Morgan fingerprint density at radius 1 is 1.25 bits per heavy atom. The van der Waals surface area contributed by atoms with Gasteiger partial charge in [-0.25, -0.2) is 8.78 Å². The van der Waals surface area contributed by atoms with Crippen molar-refractivity contribution in [1.82, 2.24) is 0 Å². The summed E-state index contributed by atoms with van der Waals surface area (Å²) in [5.41, 5.74) is 0.381. The topological polar surface area (TPSA) is 13.1 Å². The van der Waals surface area contributed by atoms with E-state index in [0.717, 1.165) is 6.07 Å². The van der Waals surface area contributed by atoms with Crippen molar-refractivity contribution in [2.24, 2.45) is 0 Å². The highest BCUT2D eigenvalue weighted by Crippen LogP contribution is 2.23. The Labute approximate surface area is 67.6 Å². The van der Waals surface area contributed by atoms with Crippen molar-refractivity contribution >= 4 is 11.0 Å². The molecule has 0 aliphatic heterocycles. The minimum Gasteiger partial charge on any atom is -0.458 e. The summed E-state index contributed by atoms with van der Waals surface area (Å²) in [6.45, 7) is 1.51. The van der Waals surface area contributed by atoms with Crippen LogP contribution in [0.2, 0.25) is 0 Å². The summed E-state index contributed by atoms with van der Waals surface area (Å²) in [7, 11) is 0. The first-order chi connectivity index (χ1) is 5.68.